The van der Waals surface area contributed by atoms with E-state index < -0.39 is 12.7 Å². The lowest BCUT2D eigenvalue weighted by Gasteiger charge is -2.28. The van der Waals surface area contributed by atoms with E-state index in [-0.39, 0.29) is 12.4 Å². The van der Waals surface area contributed by atoms with Crippen LogP contribution in [0.3, 0.4) is 0 Å². The van der Waals surface area contributed by atoms with Crippen molar-refractivity contribution in [2.75, 3.05) is 18.0 Å². The number of rotatable bonds is 4. The third-order valence-corrected chi connectivity index (χ3v) is 2.60. The SMILES string of the molecule is CCN(CC(F)(F)F)c1c(C)cccc1C(=N)N. The van der Waals surface area contributed by atoms with Crippen LogP contribution in [-0.4, -0.2) is 25.1 Å². The fourth-order valence-electron chi connectivity index (χ4n) is 1.86. The maximum Gasteiger partial charge on any atom is 0.405 e. The summed E-state index contributed by atoms with van der Waals surface area (Å²) in [7, 11) is 0. The van der Waals surface area contributed by atoms with E-state index in [1.165, 1.54) is 4.90 Å². The minimum absolute atomic E-state index is 0.199. The second kappa shape index (κ2) is 5.29. The summed E-state index contributed by atoms with van der Waals surface area (Å²) in [6, 6.07) is 4.95. The third kappa shape index (κ3) is 3.38. The van der Waals surface area contributed by atoms with Crippen molar-refractivity contribution in [2.24, 2.45) is 5.73 Å². The number of halogens is 3. The molecule has 100 valence electrons. The molecule has 0 bridgehead atoms. The third-order valence-electron chi connectivity index (χ3n) is 2.60. The van der Waals surface area contributed by atoms with Crippen LogP contribution >= 0.6 is 0 Å². The summed E-state index contributed by atoms with van der Waals surface area (Å²) < 4.78 is 37.5. The molecule has 0 aliphatic rings. The molecule has 0 radical (unpaired) electrons. The Morgan fingerprint density at radius 2 is 2.00 bits per heavy atom. The van der Waals surface area contributed by atoms with Gasteiger partial charge in [0.2, 0.25) is 0 Å². The van der Waals surface area contributed by atoms with Crippen molar-refractivity contribution in [1.82, 2.24) is 0 Å². The minimum atomic E-state index is -4.29. The first-order valence-corrected chi connectivity index (χ1v) is 5.52. The largest absolute Gasteiger partial charge is 0.405 e. The van der Waals surface area contributed by atoms with Gasteiger partial charge >= 0.3 is 6.18 Å². The van der Waals surface area contributed by atoms with Gasteiger partial charge < -0.3 is 10.6 Å². The van der Waals surface area contributed by atoms with E-state index >= 15 is 0 Å². The van der Waals surface area contributed by atoms with Gasteiger partial charge in [-0.2, -0.15) is 13.2 Å². The number of benzene rings is 1. The molecule has 1 rings (SSSR count). The molecule has 0 amide bonds. The van der Waals surface area contributed by atoms with Crippen molar-refractivity contribution in [2.45, 2.75) is 20.0 Å². The topological polar surface area (TPSA) is 53.1 Å². The first-order valence-electron chi connectivity index (χ1n) is 5.52. The average molecular weight is 259 g/mol. The van der Waals surface area contributed by atoms with Gasteiger partial charge in [0, 0.05) is 12.1 Å². The van der Waals surface area contributed by atoms with E-state index in [9.17, 15) is 13.2 Å². The van der Waals surface area contributed by atoms with E-state index in [4.69, 9.17) is 11.1 Å². The van der Waals surface area contributed by atoms with Crippen molar-refractivity contribution in [3.8, 4) is 0 Å². The molecule has 1 aromatic rings. The van der Waals surface area contributed by atoms with Gasteiger partial charge in [0.05, 0.1) is 5.69 Å². The predicted molar refractivity (Wildman–Crippen MR) is 66.1 cm³/mol. The summed E-state index contributed by atoms with van der Waals surface area (Å²) in [6.45, 7) is 2.50. The van der Waals surface area contributed by atoms with Gasteiger partial charge in [-0.25, -0.2) is 0 Å². The van der Waals surface area contributed by atoms with Crippen LogP contribution in [0.25, 0.3) is 0 Å². The number of nitrogens with two attached hydrogens (primary N) is 1. The Labute approximate surface area is 104 Å². The van der Waals surface area contributed by atoms with Gasteiger partial charge in [0.15, 0.2) is 0 Å². The number of anilines is 1. The van der Waals surface area contributed by atoms with Crippen LogP contribution in [0.2, 0.25) is 0 Å². The Morgan fingerprint density at radius 3 is 2.44 bits per heavy atom. The van der Waals surface area contributed by atoms with Crippen LogP contribution in [0.4, 0.5) is 18.9 Å². The Kier molecular flexibility index (Phi) is 4.21. The quantitative estimate of drug-likeness (QED) is 0.645. The van der Waals surface area contributed by atoms with Gasteiger partial charge in [-0.05, 0) is 25.5 Å². The molecule has 0 atom stereocenters. The van der Waals surface area contributed by atoms with Gasteiger partial charge in [0.25, 0.3) is 0 Å². The van der Waals surface area contributed by atoms with Gasteiger partial charge in [-0.3, -0.25) is 5.41 Å². The fourth-order valence-corrected chi connectivity index (χ4v) is 1.86. The average Bonchev–Trinajstić information content (AvgIpc) is 2.24. The van der Waals surface area contributed by atoms with Crippen LogP contribution in [0.15, 0.2) is 18.2 Å². The Bertz CT molecular complexity index is 441. The molecule has 3 nitrogen and oxygen atoms in total. The van der Waals surface area contributed by atoms with E-state index in [0.717, 1.165) is 0 Å². The summed E-state index contributed by atoms with van der Waals surface area (Å²) in [6.07, 6.45) is -4.29. The number of hydrogen-bond donors (Lipinski definition) is 2. The molecule has 0 saturated carbocycles. The van der Waals surface area contributed by atoms with E-state index in [2.05, 4.69) is 0 Å². The second-order valence-corrected chi connectivity index (χ2v) is 4.01. The molecule has 18 heavy (non-hydrogen) atoms. The van der Waals surface area contributed by atoms with Crippen LogP contribution in [-0.2, 0) is 0 Å². The molecule has 0 unspecified atom stereocenters. The van der Waals surface area contributed by atoms with E-state index in [0.29, 0.717) is 16.8 Å². The Balaban J connectivity index is 3.24. The first-order chi connectivity index (χ1) is 8.26. The van der Waals surface area contributed by atoms with Crippen LogP contribution in [0.5, 0.6) is 0 Å². The zero-order valence-corrected chi connectivity index (χ0v) is 10.3. The summed E-state index contributed by atoms with van der Waals surface area (Å²) >= 11 is 0. The number of hydrogen-bond acceptors (Lipinski definition) is 2. The number of aryl methyl sites for hydroxylation is 1. The molecule has 0 fully saturated rings. The number of nitrogens with one attached hydrogen (secondary N) is 1. The lowest BCUT2D eigenvalue weighted by molar-refractivity contribution is -0.119. The van der Waals surface area contributed by atoms with Gasteiger partial charge in [0.1, 0.15) is 12.4 Å². The molecular formula is C12H16F3N3. The molecule has 0 heterocycles. The molecule has 0 spiro atoms. The number of para-hydroxylation sites is 1. The fraction of sp³-hybridized carbons (Fsp3) is 0.417. The first kappa shape index (κ1) is 14.3. The molecule has 0 aliphatic heterocycles. The van der Waals surface area contributed by atoms with Crippen molar-refractivity contribution >= 4 is 11.5 Å². The lowest BCUT2D eigenvalue weighted by Crippen LogP contribution is -2.36. The standard InChI is InChI=1S/C12H16F3N3/c1-3-18(7-12(13,14)15)10-8(2)5-4-6-9(10)11(16)17/h4-6H,3,7H2,1-2H3,(H3,16,17). The van der Waals surface area contributed by atoms with Crippen molar-refractivity contribution in [3.05, 3.63) is 29.3 Å². The molecular weight excluding hydrogens is 243 g/mol. The maximum absolute atomic E-state index is 12.5. The maximum atomic E-state index is 12.5. The number of nitrogen functional groups attached to an aromatic ring is 1. The zero-order valence-electron chi connectivity index (χ0n) is 10.3. The molecule has 6 heteroatoms. The van der Waals surface area contributed by atoms with Crippen LogP contribution in [0, 0.1) is 12.3 Å². The molecule has 3 N–H and O–H groups in total. The number of nitrogens with zero attached hydrogens (tertiary/aromatic N) is 1. The highest BCUT2D eigenvalue weighted by molar-refractivity contribution is 6.01. The monoisotopic (exact) mass is 259 g/mol. The van der Waals surface area contributed by atoms with Crippen molar-refractivity contribution < 1.29 is 13.2 Å². The predicted octanol–water partition coefficient (Wildman–Crippen LogP) is 2.67. The van der Waals surface area contributed by atoms with Gasteiger partial charge in [-0.15, -0.1) is 0 Å². The highest BCUT2D eigenvalue weighted by Gasteiger charge is 2.31. The highest BCUT2D eigenvalue weighted by Crippen LogP contribution is 2.28. The minimum Gasteiger partial charge on any atom is -0.384 e. The molecule has 0 saturated heterocycles. The van der Waals surface area contributed by atoms with Crippen LogP contribution in [0.1, 0.15) is 18.1 Å². The Hall–Kier alpha value is -1.72. The highest BCUT2D eigenvalue weighted by atomic mass is 19.4. The normalized spacial score (nSPS) is 11.4. The summed E-state index contributed by atoms with van der Waals surface area (Å²) in [5.74, 6) is -0.227. The number of amidine groups is 1. The summed E-state index contributed by atoms with van der Waals surface area (Å²) in [5, 5.41) is 7.44. The Morgan fingerprint density at radius 1 is 1.39 bits per heavy atom. The van der Waals surface area contributed by atoms with E-state index in [1.54, 1.807) is 32.0 Å². The smallest absolute Gasteiger partial charge is 0.384 e. The van der Waals surface area contributed by atoms with Crippen molar-refractivity contribution in [1.29, 1.82) is 5.41 Å². The second-order valence-electron chi connectivity index (χ2n) is 4.01. The summed E-state index contributed by atoms with van der Waals surface area (Å²) in [4.78, 5) is 1.19. The van der Waals surface area contributed by atoms with E-state index in [1.807, 2.05) is 0 Å². The molecule has 0 aromatic heterocycles. The van der Waals surface area contributed by atoms with Crippen molar-refractivity contribution in [3.63, 3.8) is 0 Å². The number of alkyl halides is 3. The van der Waals surface area contributed by atoms with Gasteiger partial charge in [-0.1, -0.05) is 12.1 Å². The van der Waals surface area contributed by atoms with Crippen LogP contribution < -0.4 is 10.6 Å². The lowest BCUT2D eigenvalue weighted by atomic mass is 10.1. The zero-order chi connectivity index (χ0) is 13.9. The summed E-state index contributed by atoms with van der Waals surface area (Å²) in [5.41, 5.74) is 6.80. The molecule has 0 aliphatic carbocycles. The molecule has 1 aromatic carbocycles.